The maximum atomic E-state index is 13.2. The summed E-state index contributed by atoms with van der Waals surface area (Å²) in [5.74, 6) is 0.560. The molecule has 19 heavy (non-hydrogen) atoms. The monoisotopic (exact) mass is 258 g/mol. The van der Waals surface area contributed by atoms with Gasteiger partial charge in [0.05, 0.1) is 6.54 Å². The van der Waals surface area contributed by atoms with Crippen LogP contribution in [0.5, 0.6) is 0 Å². The first-order valence-electron chi connectivity index (χ1n) is 7.38. The molecule has 0 bridgehead atoms. The quantitative estimate of drug-likeness (QED) is 0.649. The van der Waals surface area contributed by atoms with Crippen molar-refractivity contribution in [2.75, 3.05) is 13.1 Å². The predicted octanol–water partition coefficient (Wildman–Crippen LogP) is 3.60. The lowest BCUT2D eigenvalue weighted by Crippen LogP contribution is -2.57. The van der Waals surface area contributed by atoms with E-state index in [4.69, 9.17) is 0 Å². The van der Waals surface area contributed by atoms with Gasteiger partial charge in [0.2, 0.25) is 0 Å². The van der Waals surface area contributed by atoms with Gasteiger partial charge < -0.3 is 5.21 Å². The van der Waals surface area contributed by atoms with E-state index >= 15 is 0 Å². The van der Waals surface area contributed by atoms with Gasteiger partial charge in [-0.15, -0.1) is 0 Å². The molecule has 3 nitrogen and oxygen atoms in total. The number of benzene rings is 1. The van der Waals surface area contributed by atoms with Gasteiger partial charge in [0.15, 0.2) is 5.69 Å². The molecule has 1 aromatic rings. The summed E-state index contributed by atoms with van der Waals surface area (Å²) >= 11 is 0. The Balaban J connectivity index is 1.86. The van der Waals surface area contributed by atoms with Gasteiger partial charge in [0.1, 0.15) is 6.54 Å². The number of quaternary nitrogens is 1. The van der Waals surface area contributed by atoms with Gasteiger partial charge >= 0.3 is 0 Å². The molecule has 1 saturated carbocycles. The average molecular weight is 258 g/mol. The van der Waals surface area contributed by atoms with Crippen molar-refractivity contribution in [1.82, 2.24) is 10.2 Å². The smallest absolute Gasteiger partial charge is 0.159 e. The molecule has 3 rings (SSSR count). The molecule has 1 N–H and O–H groups in total. The van der Waals surface area contributed by atoms with Crippen LogP contribution in [-0.4, -0.2) is 13.1 Å². The first-order chi connectivity index (χ1) is 9.28. The van der Waals surface area contributed by atoms with Crippen LogP contribution in [0.3, 0.4) is 0 Å². The number of hydrogen-bond donors (Lipinski definition) is 1. The van der Waals surface area contributed by atoms with Crippen LogP contribution in [0.15, 0.2) is 30.3 Å². The zero-order valence-corrected chi connectivity index (χ0v) is 11.3. The van der Waals surface area contributed by atoms with Gasteiger partial charge in [-0.05, 0) is 18.9 Å². The fourth-order valence-electron chi connectivity index (χ4n) is 3.32. The third kappa shape index (κ3) is 2.73. The zero-order chi connectivity index (χ0) is 13.1. The van der Waals surface area contributed by atoms with Crippen molar-refractivity contribution in [2.45, 2.75) is 32.1 Å². The second-order valence-corrected chi connectivity index (χ2v) is 5.75. The number of rotatable bonds is 2. The molecule has 2 aliphatic rings. The molecule has 3 heteroatoms. The van der Waals surface area contributed by atoms with E-state index in [1.807, 2.05) is 30.3 Å². The summed E-state index contributed by atoms with van der Waals surface area (Å²) in [4.78, 5) is 0. The standard InChI is InChI=1S/C16H22N2O/c19-18(13-14-7-2-1-3-8-14)16-11-5-4-9-15(16)10-6-12-17-18/h4-6,9-11,14,17H,1-3,7-8,12-13H2. The molecular formula is C16H22N2O. The maximum absolute atomic E-state index is 13.2. The number of para-hydroxylation sites is 1. The van der Waals surface area contributed by atoms with Crippen LogP contribution < -0.4 is 10.2 Å². The van der Waals surface area contributed by atoms with Crippen molar-refractivity contribution < 1.29 is 0 Å². The third-order valence-corrected chi connectivity index (χ3v) is 4.33. The van der Waals surface area contributed by atoms with Gasteiger partial charge in [0, 0.05) is 17.5 Å². The molecule has 0 spiro atoms. The Morgan fingerprint density at radius 1 is 1.16 bits per heavy atom. The second kappa shape index (κ2) is 5.45. The van der Waals surface area contributed by atoms with Crippen LogP contribution in [0.25, 0.3) is 6.08 Å². The molecular weight excluding hydrogens is 236 g/mol. The van der Waals surface area contributed by atoms with Crippen LogP contribution in [0.1, 0.15) is 37.7 Å². The van der Waals surface area contributed by atoms with Crippen LogP contribution >= 0.6 is 0 Å². The fraction of sp³-hybridized carbons (Fsp3) is 0.500. The molecule has 1 fully saturated rings. The summed E-state index contributed by atoms with van der Waals surface area (Å²) < 4.78 is -0.367. The van der Waals surface area contributed by atoms with Gasteiger partial charge in [-0.1, -0.05) is 43.5 Å². The molecule has 1 aromatic carbocycles. The summed E-state index contributed by atoms with van der Waals surface area (Å²) in [5.41, 5.74) is 5.07. The highest BCUT2D eigenvalue weighted by molar-refractivity contribution is 5.67. The number of hydrogen-bond acceptors (Lipinski definition) is 2. The Morgan fingerprint density at radius 3 is 2.79 bits per heavy atom. The Hall–Kier alpha value is -1.16. The summed E-state index contributed by atoms with van der Waals surface area (Å²) in [5, 5.41) is 13.2. The van der Waals surface area contributed by atoms with Crippen molar-refractivity contribution in [1.29, 1.82) is 0 Å². The first-order valence-corrected chi connectivity index (χ1v) is 7.38. The molecule has 1 aliphatic heterocycles. The molecule has 0 saturated heterocycles. The van der Waals surface area contributed by atoms with E-state index in [0.717, 1.165) is 11.3 Å². The van der Waals surface area contributed by atoms with E-state index in [-0.39, 0.29) is 4.76 Å². The Bertz CT molecular complexity index is 466. The molecule has 0 aromatic heterocycles. The van der Waals surface area contributed by atoms with Gasteiger partial charge in [-0.25, -0.2) is 4.76 Å². The summed E-state index contributed by atoms with van der Waals surface area (Å²) in [7, 11) is 0. The van der Waals surface area contributed by atoms with Crippen LogP contribution in [0, 0.1) is 11.1 Å². The van der Waals surface area contributed by atoms with Crippen LogP contribution in [0.2, 0.25) is 0 Å². The van der Waals surface area contributed by atoms with Crippen molar-refractivity contribution in [3.8, 4) is 0 Å². The minimum atomic E-state index is -0.367. The van der Waals surface area contributed by atoms with Crippen LogP contribution in [0.4, 0.5) is 5.69 Å². The second-order valence-electron chi connectivity index (χ2n) is 5.75. The highest BCUT2D eigenvalue weighted by Gasteiger charge is 2.29. The lowest BCUT2D eigenvalue weighted by atomic mass is 9.89. The Kier molecular flexibility index (Phi) is 3.69. The third-order valence-electron chi connectivity index (χ3n) is 4.33. The van der Waals surface area contributed by atoms with Crippen molar-refractivity contribution in [3.63, 3.8) is 0 Å². The topological polar surface area (TPSA) is 35.1 Å². The van der Waals surface area contributed by atoms with E-state index in [1.54, 1.807) is 0 Å². The van der Waals surface area contributed by atoms with Crippen molar-refractivity contribution in [3.05, 3.63) is 41.1 Å². The molecule has 1 heterocycles. The van der Waals surface area contributed by atoms with E-state index in [0.29, 0.717) is 19.0 Å². The predicted molar refractivity (Wildman–Crippen MR) is 80.1 cm³/mol. The first kappa shape index (κ1) is 12.9. The van der Waals surface area contributed by atoms with Crippen molar-refractivity contribution >= 4 is 11.8 Å². The maximum Gasteiger partial charge on any atom is 0.159 e. The number of nitrogens with one attached hydrogen (secondary N) is 1. The molecule has 1 unspecified atom stereocenters. The van der Waals surface area contributed by atoms with Crippen molar-refractivity contribution in [2.24, 2.45) is 5.92 Å². The van der Waals surface area contributed by atoms with Crippen LogP contribution in [-0.2, 0) is 0 Å². The summed E-state index contributed by atoms with van der Waals surface area (Å²) in [6, 6.07) is 7.96. The number of hydroxylamine groups is 1. The average Bonchev–Trinajstić information content (AvgIpc) is 2.60. The van der Waals surface area contributed by atoms with Gasteiger partial charge in [-0.2, -0.15) is 5.43 Å². The molecule has 1 atom stereocenters. The minimum Gasteiger partial charge on any atom is -0.606 e. The zero-order valence-electron chi connectivity index (χ0n) is 11.3. The molecule has 0 amide bonds. The van der Waals surface area contributed by atoms with E-state index in [2.05, 4.69) is 11.5 Å². The van der Waals surface area contributed by atoms with Gasteiger partial charge in [-0.3, -0.25) is 0 Å². The number of fused-ring (bicyclic) bond motifs is 1. The highest BCUT2D eigenvalue weighted by atomic mass is 16.6. The minimum absolute atomic E-state index is 0.367. The van der Waals surface area contributed by atoms with E-state index in [1.165, 1.54) is 32.1 Å². The van der Waals surface area contributed by atoms with Gasteiger partial charge in [0.25, 0.3) is 0 Å². The number of nitrogens with zero attached hydrogens (tertiary/aromatic N) is 1. The highest BCUT2D eigenvalue weighted by Crippen LogP contribution is 2.32. The summed E-state index contributed by atoms with van der Waals surface area (Å²) in [6.45, 7) is 1.31. The van der Waals surface area contributed by atoms with E-state index < -0.39 is 0 Å². The summed E-state index contributed by atoms with van der Waals surface area (Å²) in [6.07, 6.45) is 10.4. The fourth-order valence-corrected chi connectivity index (χ4v) is 3.32. The molecule has 102 valence electrons. The lowest BCUT2D eigenvalue weighted by molar-refractivity contribution is 0.208. The Morgan fingerprint density at radius 2 is 1.95 bits per heavy atom. The largest absolute Gasteiger partial charge is 0.606 e. The van der Waals surface area contributed by atoms with E-state index in [9.17, 15) is 5.21 Å². The Labute approximate surface area is 115 Å². The normalized spacial score (nSPS) is 27.8. The lowest BCUT2D eigenvalue weighted by Gasteiger charge is -2.43. The molecule has 1 aliphatic carbocycles. The molecule has 0 radical (unpaired) electrons. The SMILES string of the molecule is [O-][N+]1(CC2CCCCC2)NCC=Cc2ccccc21.